The Bertz CT molecular complexity index is 570. The number of nitrogens with two attached hydrogens (primary N) is 1. The first kappa shape index (κ1) is 12.7. The van der Waals surface area contributed by atoms with E-state index in [9.17, 15) is 0 Å². The van der Waals surface area contributed by atoms with E-state index >= 15 is 0 Å². The van der Waals surface area contributed by atoms with Gasteiger partial charge in [0.1, 0.15) is 23.6 Å². The van der Waals surface area contributed by atoms with Gasteiger partial charge in [0, 0.05) is 25.0 Å². The van der Waals surface area contributed by atoms with Crippen molar-refractivity contribution >= 4 is 11.6 Å². The molecule has 7 nitrogen and oxygen atoms in total. The van der Waals surface area contributed by atoms with Gasteiger partial charge in [0.15, 0.2) is 0 Å². The molecule has 104 valence electrons. The average molecular weight is 272 g/mol. The Morgan fingerprint density at radius 3 is 3.00 bits per heavy atom. The fourth-order valence-corrected chi connectivity index (χ4v) is 2.27. The molecule has 1 aliphatic rings. The number of hydrogen-bond acceptors (Lipinski definition) is 7. The lowest BCUT2D eigenvalue weighted by Gasteiger charge is -2.33. The van der Waals surface area contributed by atoms with Gasteiger partial charge in [-0.2, -0.15) is 0 Å². The SMILES string of the molecule is Cc1nc(N)cc([C@H]2CN(c3cnccn3)CCO2)n1. The zero-order valence-corrected chi connectivity index (χ0v) is 11.2. The number of rotatable bonds is 2. The molecule has 1 aliphatic heterocycles. The Hall–Kier alpha value is -2.28. The summed E-state index contributed by atoms with van der Waals surface area (Å²) in [5.41, 5.74) is 6.58. The fourth-order valence-electron chi connectivity index (χ4n) is 2.27. The van der Waals surface area contributed by atoms with Crippen molar-refractivity contribution in [2.24, 2.45) is 0 Å². The second kappa shape index (κ2) is 5.38. The third-order valence-corrected chi connectivity index (χ3v) is 3.15. The third-order valence-electron chi connectivity index (χ3n) is 3.15. The smallest absolute Gasteiger partial charge is 0.147 e. The largest absolute Gasteiger partial charge is 0.384 e. The van der Waals surface area contributed by atoms with Gasteiger partial charge in [0.05, 0.1) is 25.0 Å². The lowest BCUT2D eigenvalue weighted by molar-refractivity contribution is 0.0366. The number of aromatic nitrogens is 4. The second-order valence-electron chi connectivity index (χ2n) is 4.63. The van der Waals surface area contributed by atoms with Crippen molar-refractivity contribution in [3.8, 4) is 0 Å². The van der Waals surface area contributed by atoms with E-state index in [1.807, 2.05) is 6.92 Å². The molecular formula is C13H16N6O. The molecule has 0 spiro atoms. The molecule has 2 aromatic rings. The van der Waals surface area contributed by atoms with E-state index < -0.39 is 0 Å². The van der Waals surface area contributed by atoms with Crippen molar-refractivity contribution in [1.82, 2.24) is 19.9 Å². The standard InChI is InChI=1S/C13H16N6O/c1-9-17-10(6-12(14)18-9)11-8-19(4-5-20-11)13-7-15-2-3-16-13/h2-3,6-7,11H,4-5,8H2,1H3,(H2,14,17,18)/t11-/m1/s1. The van der Waals surface area contributed by atoms with Crippen molar-refractivity contribution in [2.75, 3.05) is 30.3 Å². The fraction of sp³-hybridized carbons (Fsp3) is 0.385. The van der Waals surface area contributed by atoms with Crippen molar-refractivity contribution in [3.05, 3.63) is 36.2 Å². The normalized spacial score (nSPS) is 19.1. The van der Waals surface area contributed by atoms with Crippen molar-refractivity contribution in [3.63, 3.8) is 0 Å². The van der Waals surface area contributed by atoms with Crippen molar-refractivity contribution < 1.29 is 4.74 Å². The first-order valence-corrected chi connectivity index (χ1v) is 6.46. The number of morpholine rings is 1. The predicted octanol–water partition coefficient (Wildman–Crippen LogP) is 0.735. The summed E-state index contributed by atoms with van der Waals surface area (Å²) >= 11 is 0. The Balaban J connectivity index is 1.81. The van der Waals surface area contributed by atoms with E-state index in [4.69, 9.17) is 10.5 Å². The third kappa shape index (κ3) is 2.67. The number of hydrogen-bond donors (Lipinski definition) is 1. The molecule has 0 radical (unpaired) electrons. The summed E-state index contributed by atoms with van der Waals surface area (Å²) < 4.78 is 5.79. The first-order chi connectivity index (χ1) is 9.72. The molecule has 2 aromatic heterocycles. The van der Waals surface area contributed by atoms with Crippen LogP contribution in [0.4, 0.5) is 11.6 Å². The molecule has 0 unspecified atom stereocenters. The number of aryl methyl sites for hydroxylation is 1. The van der Waals surface area contributed by atoms with Crippen LogP contribution in [0.5, 0.6) is 0 Å². The maximum Gasteiger partial charge on any atom is 0.147 e. The first-order valence-electron chi connectivity index (χ1n) is 6.46. The molecule has 0 amide bonds. The second-order valence-corrected chi connectivity index (χ2v) is 4.63. The molecule has 20 heavy (non-hydrogen) atoms. The van der Waals surface area contributed by atoms with Gasteiger partial charge in [0.25, 0.3) is 0 Å². The Morgan fingerprint density at radius 1 is 1.35 bits per heavy atom. The molecule has 1 saturated heterocycles. The summed E-state index contributed by atoms with van der Waals surface area (Å²) in [7, 11) is 0. The lowest BCUT2D eigenvalue weighted by Crippen LogP contribution is -2.39. The molecule has 1 fully saturated rings. The molecule has 2 N–H and O–H groups in total. The topological polar surface area (TPSA) is 90.1 Å². The van der Waals surface area contributed by atoms with E-state index in [2.05, 4.69) is 24.8 Å². The minimum atomic E-state index is -0.130. The summed E-state index contributed by atoms with van der Waals surface area (Å²) in [6, 6.07) is 1.76. The van der Waals surface area contributed by atoms with Crippen LogP contribution in [-0.2, 0) is 4.74 Å². The Morgan fingerprint density at radius 2 is 2.25 bits per heavy atom. The summed E-state index contributed by atoms with van der Waals surface area (Å²) in [6.07, 6.45) is 4.97. The molecule has 0 saturated carbocycles. The van der Waals surface area contributed by atoms with Crippen LogP contribution in [0.25, 0.3) is 0 Å². The van der Waals surface area contributed by atoms with E-state index in [-0.39, 0.29) is 6.10 Å². The summed E-state index contributed by atoms with van der Waals surface area (Å²) in [6.45, 7) is 3.90. The zero-order chi connectivity index (χ0) is 13.9. The molecule has 0 aromatic carbocycles. The minimum Gasteiger partial charge on any atom is -0.384 e. The quantitative estimate of drug-likeness (QED) is 0.862. The molecule has 3 rings (SSSR count). The van der Waals surface area contributed by atoms with Gasteiger partial charge in [-0.05, 0) is 6.92 Å². The van der Waals surface area contributed by atoms with E-state index in [1.165, 1.54) is 0 Å². The highest BCUT2D eigenvalue weighted by Crippen LogP contribution is 2.24. The minimum absolute atomic E-state index is 0.130. The van der Waals surface area contributed by atoms with Gasteiger partial charge < -0.3 is 15.4 Å². The molecule has 3 heterocycles. The number of ether oxygens (including phenoxy) is 1. The zero-order valence-electron chi connectivity index (χ0n) is 11.2. The van der Waals surface area contributed by atoms with Crippen LogP contribution in [0, 0.1) is 6.92 Å². The maximum atomic E-state index is 5.79. The molecule has 0 aliphatic carbocycles. The lowest BCUT2D eigenvalue weighted by atomic mass is 10.2. The molecular weight excluding hydrogens is 256 g/mol. The molecule has 0 bridgehead atoms. The highest BCUT2D eigenvalue weighted by molar-refractivity contribution is 5.37. The van der Waals surface area contributed by atoms with Gasteiger partial charge in [-0.15, -0.1) is 0 Å². The number of nitrogen functional groups attached to an aromatic ring is 1. The number of nitrogens with zero attached hydrogens (tertiary/aromatic N) is 5. The maximum absolute atomic E-state index is 5.79. The summed E-state index contributed by atoms with van der Waals surface area (Å²) in [4.78, 5) is 19.0. The number of anilines is 2. The van der Waals surface area contributed by atoms with Gasteiger partial charge >= 0.3 is 0 Å². The van der Waals surface area contributed by atoms with E-state index in [0.717, 1.165) is 18.1 Å². The molecule has 1 atom stereocenters. The van der Waals surface area contributed by atoms with Crippen LogP contribution in [0.1, 0.15) is 17.6 Å². The van der Waals surface area contributed by atoms with Crippen LogP contribution in [0.2, 0.25) is 0 Å². The molecule has 7 heteroatoms. The Labute approximate surface area is 116 Å². The van der Waals surface area contributed by atoms with Gasteiger partial charge in [0.2, 0.25) is 0 Å². The predicted molar refractivity (Wildman–Crippen MR) is 74.1 cm³/mol. The van der Waals surface area contributed by atoms with Crippen molar-refractivity contribution in [2.45, 2.75) is 13.0 Å². The highest BCUT2D eigenvalue weighted by Gasteiger charge is 2.24. The van der Waals surface area contributed by atoms with E-state index in [0.29, 0.717) is 24.8 Å². The Kier molecular flexibility index (Phi) is 3.42. The van der Waals surface area contributed by atoms with Crippen LogP contribution in [-0.4, -0.2) is 39.6 Å². The monoisotopic (exact) mass is 272 g/mol. The van der Waals surface area contributed by atoms with Crippen LogP contribution >= 0.6 is 0 Å². The summed E-state index contributed by atoms with van der Waals surface area (Å²) in [5, 5.41) is 0. The highest BCUT2D eigenvalue weighted by atomic mass is 16.5. The summed E-state index contributed by atoms with van der Waals surface area (Å²) in [5.74, 6) is 1.97. The van der Waals surface area contributed by atoms with Gasteiger partial charge in [-0.3, -0.25) is 4.98 Å². The van der Waals surface area contributed by atoms with Crippen LogP contribution in [0.3, 0.4) is 0 Å². The van der Waals surface area contributed by atoms with Gasteiger partial charge in [-0.25, -0.2) is 15.0 Å². The van der Waals surface area contributed by atoms with Gasteiger partial charge in [-0.1, -0.05) is 0 Å². The van der Waals surface area contributed by atoms with E-state index in [1.54, 1.807) is 24.7 Å². The average Bonchev–Trinajstić information content (AvgIpc) is 2.47. The van der Waals surface area contributed by atoms with Crippen molar-refractivity contribution in [1.29, 1.82) is 0 Å². The van der Waals surface area contributed by atoms with Crippen LogP contribution < -0.4 is 10.6 Å². The van der Waals surface area contributed by atoms with Crippen LogP contribution in [0.15, 0.2) is 24.7 Å².